The van der Waals surface area contributed by atoms with Crippen molar-refractivity contribution in [2.24, 2.45) is 0 Å². The lowest BCUT2D eigenvalue weighted by Gasteiger charge is -2.18. The highest BCUT2D eigenvalue weighted by Crippen LogP contribution is 2.20. The Kier molecular flexibility index (Phi) is 7.46. The van der Waals surface area contributed by atoms with Crippen molar-refractivity contribution >= 4 is 18.4 Å². The van der Waals surface area contributed by atoms with Crippen LogP contribution in [0.25, 0.3) is 0 Å². The van der Waals surface area contributed by atoms with E-state index in [2.05, 4.69) is 17.0 Å². The maximum atomic E-state index is 11.8. The molecule has 1 aromatic carbocycles. The van der Waals surface area contributed by atoms with E-state index in [-0.39, 0.29) is 24.5 Å². The van der Waals surface area contributed by atoms with Crippen molar-refractivity contribution in [2.75, 3.05) is 0 Å². The predicted molar refractivity (Wildman–Crippen MR) is 82.1 cm³/mol. The number of benzene rings is 1. The average molecular weight is 310 g/mol. The molecule has 0 fully saturated rings. The van der Waals surface area contributed by atoms with E-state index in [0.717, 1.165) is 18.4 Å². The first-order valence-electron chi connectivity index (χ1n) is 6.86. The van der Waals surface area contributed by atoms with E-state index in [1.54, 1.807) is 11.0 Å². The van der Waals surface area contributed by atoms with Crippen LogP contribution in [0.5, 0.6) is 0 Å². The summed E-state index contributed by atoms with van der Waals surface area (Å²) in [6.07, 6.45) is 5.05. The largest absolute Gasteiger partial charge is 0.455 e. The van der Waals surface area contributed by atoms with Gasteiger partial charge >= 0.3 is 5.97 Å². The minimum Gasteiger partial charge on any atom is -0.455 e. The van der Waals surface area contributed by atoms with Gasteiger partial charge in [0.25, 0.3) is 0 Å². The molecule has 114 valence electrons. The van der Waals surface area contributed by atoms with Crippen LogP contribution in [0.2, 0.25) is 0 Å². The molecule has 0 aliphatic heterocycles. The van der Waals surface area contributed by atoms with Gasteiger partial charge in [0.1, 0.15) is 18.8 Å². The van der Waals surface area contributed by atoms with Gasteiger partial charge in [-0.1, -0.05) is 43.7 Å². The van der Waals surface area contributed by atoms with Crippen molar-refractivity contribution < 1.29 is 9.53 Å². The molecule has 0 spiro atoms. The number of carbonyl (C=O) groups is 1. The zero-order valence-electron chi connectivity index (χ0n) is 12.0. The number of rotatable bonds is 7. The zero-order valence-corrected chi connectivity index (χ0v) is 12.8. The van der Waals surface area contributed by atoms with E-state index in [0.29, 0.717) is 13.0 Å². The van der Waals surface area contributed by atoms with E-state index in [9.17, 15) is 4.79 Å². The van der Waals surface area contributed by atoms with Crippen molar-refractivity contribution in [3.8, 4) is 0 Å². The fourth-order valence-corrected chi connectivity index (χ4v) is 1.91. The van der Waals surface area contributed by atoms with Crippen LogP contribution >= 0.6 is 12.4 Å². The monoisotopic (exact) mass is 309 g/mol. The topological polar surface area (TPSA) is 57.0 Å². The summed E-state index contributed by atoms with van der Waals surface area (Å²) in [5.74, 6) is -0.166. The third-order valence-electron chi connectivity index (χ3n) is 3.00. The summed E-state index contributed by atoms with van der Waals surface area (Å²) < 4.78 is 7.26. The van der Waals surface area contributed by atoms with Gasteiger partial charge in [0.2, 0.25) is 0 Å². The minimum absolute atomic E-state index is 0. The Morgan fingerprint density at radius 1 is 1.33 bits per heavy atom. The first-order chi connectivity index (χ1) is 9.79. The quantitative estimate of drug-likeness (QED) is 0.737. The highest BCUT2D eigenvalue weighted by atomic mass is 35.5. The fourth-order valence-electron chi connectivity index (χ4n) is 1.91. The standard InChI is InChI=1S/C15H19N3O2.ClH/c1-2-3-9-15(19)20-14(10-18-12-16-11-17-18)13-7-5-4-6-8-13;/h4-8,11-12,14H,2-3,9-10H2,1H3;1H. The number of unbranched alkanes of at least 4 members (excludes halogenated alkanes) is 1. The normalized spacial score (nSPS) is 11.5. The molecule has 2 aromatic rings. The molecule has 0 bridgehead atoms. The van der Waals surface area contributed by atoms with Gasteiger partial charge in [-0.15, -0.1) is 12.4 Å². The van der Waals surface area contributed by atoms with Gasteiger partial charge in [-0.05, 0) is 12.0 Å². The molecule has 1 aromatic heterocycles. The van der Waals surface area contributed by atoms with Gasteiger partial charge < -0.3 is 4.74 Å². The lowest BCUT2D eigenvalue weighted by Crippen LogP contribution is -2.17. The summed E-state index contributed by atoms with van der Waals surface area (Å²) in [6, 6.07) is 9.71. The number of halogens is 1. The van der Waals surface area contributed by atoms with E-state index in [1.165, 1.54) is 6.33 Å². The molecule has 0 saturated carbocycles. The first kappa shape index (κ1) is 17.2. The van der Waals surface area contributed by atoms with E-state index < -0.39 is 0 Å². The van der Waals surface area contributed by atoms with Crippen LogP contribution in [0, 0.1) is 0 Å². The fraction of sp³-hybridized carbons (Fsp3) is 0.400. The van der Waals surface area contributed by atoms with Crippen molar-refractivity contribution in [3.05, 3.63) is 48.5 Å². The van der Waals surface area contributed by atoms with Crippen LogP contribution in [0.4, 0.5) is 0 Å². The van der Waals surface area contributed by atoms with Gasteiger partial charge in [-0.3, -0.25) is 4.79 Å². The molecule has 1 unspecified atom stereocenters. The van der Waals surface area contributed by atoms with Gasteiger partial charge in [-0.25, -0.2) is 9.67 Å². The van der Waals surface area contributed by atoms with Crippen molar-refractivity contribution in [3.63, 3.8) is 0 Å². The third-order valence-corrected chi connectivity index (χ3v) is 3.00. The molecule has 0 radical (unpaired) electrons. The van der Waals surface area contributed by atoms with Gasteiger partial charge in [-0.2, -0.15) is 5.10 Å². The van der Waals surface area contributed by atoms with Gasteiger partial charge in [0.05, 0.1) is 6.54 Å². The SMILES string of the molecule is CCCCC(=O)OC(Cn1cncn1)c1ccccc1.Cl. The third kappa shape index (κ3) is 5.55. The van der Waals surface area contributed by atoms with Crippen LogP contribution in [0.3, 0.4) is 0 Å². The van der Waals surface area contributed by atoms with E-state index in [4.69, 9.17) is 4.74 Å². The Labute approximate surface area is 130 Å². The van der Waals surface area contributed by atoms with Crippen LogP contribution < -0.4 is 0 Å². The van der Waals surface area contributed by atoms with Crippen LogP contribution in [-0.4, -0.2) is 20.7 Å². The van der Waals surface area contributed by atoms with Gasteiger partial charge in [0, 0.05) is 6.42 Å². The summed E-state index contributed by atoms with van der Waals surface area (Å²) in [7, 11) is 0. The minimum atomic E-state index is -0.331. The lowest BCUT2D eigenvalue weighted by atomic mass is 10.1. The Hall–Kier alpha value is -1.88. The number of aromatic nitrogens is 3. The number of esters is 1. The van der Waals surface area contributed by atoms with E-state index >= 15 is 0 Å². The van der Waals surface area contributed by atoms with Crippen LogP contribution in [0.1, 0.15) is 37.9 Å². The highest BCUT2D eigenvalue weighted by molar-refractivity contribution is 5.85. The van der Waals surface area contributed by atoms with E-state index in [1.807, 2.05) is 30.3 Å². The number of nitrogens with zero attached hydrogens (tertiary/aromatic N) is 3. The highest BCUT2D eigenvalue weighted by Gasteiger charge is 2.17. The number of hydrogen-bond acceptors (Lipinski definition) is 4. The second kappa shape index (κ2) is 9.13. The molecule has 6 heteroatoms. The summed E-state index contributed by atoms with van der Waals surface area (Å²) in [6.45, 7) is 2.53. The van der Waals surface area contributed by atoms with Gasteiger partial charge in [0.15, 0.2) is 0 Å². The van der Waals surface area contributed by atoms with Crippen molar-refractivity contribution in [2.45, 2.75) is 38.8 Å². The molecule has 0 amide bonds. The van der Waals surface area contributed by atoms with Crippen molar-refractivity contribution in [1.29, 1.82) is 0 Å². The Morgan fingerprint density at radius 2 is 2.10 bits per heavy atom. The zero-order chi connectivity index (χ0) is 14.2. The molecule has 0 saturated heterocycles. The molecule has 0 N–H and O–H groups in total. The number of carbonyl (C=O) groups excluding carboxylic acids is 1. The van der Waals surface area contributed by atoms with Crippen molar-refractivity contribution in [1.82, 2.24) is 14.8 Å². The second-order valence-corrected chi connectivity index (χ2v) is 4.61. The smallest absolute Gasteiger partial charge is 0.306 e. The Bertz CT molecular complexity index is 517. The number of ether oxygens (including phenoxy) is 1. The van der Waals surface area contributed by atoms with Crippen LogP contribution in [-0.2, 0) is 16.1 Å². The lowest BCUT2D eigenvalue weighted by molar-refractivity contribution is -0.150. The molecule has 0 aliphatic rings. The molecular formula is C15H20ClN3O2. The average Bonchev–Trinajstić information content (AvgIpc) is 2.98. The predicted octanol–water partition coefficient (Wildman–Crippen LogP) is 3.17. The van der Waals surface area contributed by atoms with Crippen LogP contribution in [0.15, 0.2) is 43.0 Å². The maximum absolute atomic E-state index is 11.8. The Morgan fingerprint density at radius 3 is 2.71 bits per heavy atom. The first-order valence-corrected chi connectivity index (χ1v) is 6.86. The molecule has 21 heavy (non-hydrogen) atoms. The second-order valence-electron chi connectivity index (χ2n) is 4.61. The Balaban J connectivity index is 0.00000220. The molecule has 2 rings (SSSR count). The molecule has 0 aliphatic carbocycles. The summed E-state index contributed by atoms with van der Waals surface area (Å²) >= 11 is 0. The number of hydrogen-bond donors (Lipinski definition) is 0. The molecular weight excluding hydrogens is 290 g/mol. The molecule has 1 atom stereocenters. The maximum Gasteiger partial charge on any atom is 0.306 e. The summed E-state index contributed by atoms with van der Waals surface area (Å²) in [5.41, 5.74) is 0.966. The summed E-state index contributed by atoms with van der Waals surface area (Å²) in [5, 5.41) is 4.07. The molecule has 1 heterocycles. The molecule has 5 nitrogen and oxygen atoms in total. The summed E-state index contributed by atoms with van der Waals surface area (Å²) in [4.78, 5) is 15.8.